The van der Waals surface area contributed by atoms with Crippen molar-refractivity contribution >= 4 is 27.9 Å². The summed E-state index contributed by atoms with van der Waals surface area (Å²) in [7, 11) is 0. The van der Waals surface area contributed by atoms with E-state index in [0.29, 0.717) is 5.92 Å². The van der Waals surface area contributed by atoms with Crippen LogP contribution in [0.25, 0.3) is 67.1 Å². The van der Waals surface area contributed by atoms with Gasteiger partial charge in [-0.05, 0) is 90.1 Å². The molecule has 0 radical (unpaired) electrons. The molecule has 0 amide bonds. The molecule has 2 aliphatic carbocycles. The molecule has 0 bridgehead atoms. The van der Waals surface area contributed by atoms with E-state index in [-0.39, 0.29) is 5.92 Å². The average Bonchev–Trinajstić information content (AvgIpc) is 3.59. The van der Waals surface area contributed by atoms with Crippen molar-refractivity contribution in [3.05, 3.63) is 223 Å². The Labute approximate surface area is 346 Å². The molecular formula is C56H43N3. The van der Waals surface area contributed by atoms with E-state index in [1.165, 1.54) is 67.1 Å². The minimum atomic E-state index is 0.183. The van der Waals surface area contributed by atoms with Crippen LogP contribution < -0.4 is 4.90 Å². The van der Waals surface area contributed by atoms with Gasteiger partial charge in [0.25, 0.3) is 0 Å². The third-order valence-electron chi connectivity index (χ3n) is 12.2. The fourth-order valence-electron chi connectivity index (χ4n) is 9.42. The minimum absolute atomic E-state index is 0.183. The molecule has 2 aromatic heterocycles. The first-order valence-electron chi connectivity index (χ1n) is 20.8. The summed E-state index contributed by atoms with van der Waals surface area (Å²) >= 11 is 0. The van der Waals surface area contributed by atoms with Crippen molar-refractivity contribution in [2.45, 2.75) is 25.7 Å². The second-order valence-corrected chi connectivity index (χ2v) is 16.0. The Hall–Kier alpha value is -7.23. The van der Waals surface area contributed by atoms with Crippen molar-refractivity contribution in [1.29, 1.82) is 0 Å². The number of anilines is 2. The molecule has 0 spiro atoms. The summed E-state index contributed by atoms with van der Waals surface area (Å²) in [6, 6.07) is 61.7. The van der Waals surface area contributed by atoms with E-state index in [2.05, 4.69) is 223 Å². The first-order valence-corrected chi connectivity index (χ1v) is 20.8. The third kappa shape index (κ3) is 6.18. The molecule has 2 atom stereocenters. The highest BCUT2D eigenvalue weighted by Gasteiger charge is 2.32. The van der Waals surface area contributed by atoms with E-state index in [4.69, 9.17) is 4.98 Å². The van der Waals surface area contributed by atoms with Crippen LogP contribution in [0.3, 0.4) is 0 Å². The van der Waals surface area contributed by atoms with Crippen molar-refractivity contribution in [2.75, 3.05) is 4.90 Å². The number of nitrogens with zero attached hydrogens (tertiary/aromatic N) is 3. The van der Waals surface area contributed by atoms with Gasteiger partial charge >= 0.3 is 0 Å². The molecule has 0 saturated heterocycles. The molecule has 0 N–H and O–H groups in total. The maximum Gasteiger partial charge on any atom is 0.0715 e. The number of hydrogen-bond acceptors (Lipinski definition) is 2. The zero-order chi connectivity index (χ0) is 39.3. The lowest BCUT2D eigenvalue weighted by Crippen LogP contribution is -2.18. The largest absolute Gasteiger partial charge is 0.310 e. The summed E-state index contributed by atoms with van der Waals surface area (Å²) in [5.74, 6) is 0.691. The predicted octanol–water partition coefficient (Wildman–Crippen LogP) is 14.8. The molecule has 3 nitrogen and oxygen atoms in total. The van der Waals surface area contributed by atoms with Crippen molar-refractivity contribution in [1.82, 2.24) is 9.55 Å². The fraction of sp³-hybridized carbons (Fsp3) is 0.0893. The number of benzene rings is 6. The van der Waals surface area contributed by atoms with Crippen LogP contribution in [-0.2, 0) is 0 Å². The summed E-state index contributed by atoms with van der Waals surface area (Å²) in [5, 5.41) is 1.25. The number of rotatable bonds is 6. The highest BCUT2D eigenvalue weighted by Crippen LogP contribution is 2.54. The van der Waals surface area contributed by atoms with Gasteiger partial charge in [0, 0.05) is 50.5 Å². The molecule has 0 saturated carbocycles. The molecular weight excluding hydrogens is 715 g/mol. The monoisotopic (exact) mass is 757 g/mol. The van der Waals surface area contributed by atoms with Crippen LogP contribution in [0.15, 0.2) is 212 Å². The quantitative estimate of drug-likeness (QED) is 0.168. The van der Waals surface area contributed by atoms with Crippen molar-refractivity contribution < 1.29 is 0 Å². The average molecular weight is 758 g/mol. The van der Waals surface area contributed by atoms with Gasteiger partial charge < -0.3 is 9.47 Å². The zero-order valence-electron chi connectivity index (χ0n) is 33.0. The topological polar surface area (TPSA) is 21.1 Å². The van der Waals surface area contributed by atoms with Gasteiger partial charge in [0.15, 0.2) is 0 Å². The maximum absolute atomic E-state index is 5.30. The van der Waals surface area contributed by atoms with E-state index in [1.807, 2.05) is 0 Å². The van der Waals surface area contributed by atoms with Gasteiger partial charge in [-0.25, -0.2) is 4.98 Å². The molecule has 6 aromatic carbocycles. The summed E-state index contributed by atoms with van der Waals surface area (Å²) in [6.07, 6.45) is 15.9. The smallest absolute Gasteiger partial charge is 0.0715 e. The highest BCUT2D eigenvalue weighted by molar-refractivity contribution is 6.12. The number of para-hydroxylation sites is 4. The molecule has 0 fully saturated rings. The van der Waals surface area contributed by atoms with Crippen molar-refractivity contribution in [2.24, 2.45) is 5.92 Å². The van der Waals surface area contributed by atoms with Crippen LogP contribution in [0.1, 0.15) is 36.8 Å². The van der Waals surface area contributed by atoms with E-state index >= 15 is 0 Å². The molecule has 1 aliphatic heterocycles. The molecule has 8 aromatic rings. The van der Waals surface area contributed by atoms with E-state index in [9.17, 15) is 0 Å². The number of aromatic nitrogens is 2. The van der Waals surface area contributed by atoms with Crippen molar-refractivity contribution in [3.8, 4) is 50.6 Å². The second kappa shape index (κ2) is 14.6. The van der Waals surface area contributed by atoms with Crippen LogP contribution in [0.5, 0.6) is 0 Å². The summed E-state index contributed by atoms with van der Waals surface area (Å²) in [6.45, 7) is 2.29. The fourth-order valence-corrected chi connectivity index (χ4v) is 9.42. The molecule has 59 heavy (non-hydrogen) atoms. The van der Waals surface area contributed by atoms with Gasteiger partial charge in [-0.1, -0.05) is 159 Å². The van der Waals surface area contributed by atoms with Gasteiger partial charge in [-0.15, -0.1) is 0 Å². The second-order valence-electron chi connectivity index (χ2n) is 16.0. The molecule has 11 rings (SSSR count). The SMILES string of the molecule is CC1C=CC=C(c2cc(-c3ccccc3)nc(-c3cccc(C4C=C(N5c6ccccc6-c6c(n(-c7ccccc7)c7ccccc67)-c6ccccc65)C=CC4)c3)c2)C1. The van der Waals surface area contributed by atoms with Crippen molar-refractivity contribution in [3.63, 3.8) is 0 Å². The minimum Gasteiger partial charge on any atom is -0.310 e. The maximum atomic E-state index is 5.30. The molecule has 3 heteroatoms. The summed E-state index contributed by atoms with van der Waals surface area (Å²) in [5.41, 5.74) is 18.9. The van der Waals surface area contributed by atoms with Crippen LogP contribution in [0, 0.1) is 5.92 Å². The highest BCUT2D eigenvalue weighted by atomic mass is 15.2. The lowest BCUT2D eigenvalue weighted by Gasteiger charge is -2.31. The molecule has 282 valence electrons. The van der Waals surface area contributed by atoms with Crippen LogP contribution in [0.2, 0.25) is 0 Å². The predicted molar refractivity (Wildman–Crippen MR) is 247 cm³/mol. The van der Waals surface area contributed by atoms with Gasteiger partial charge in [0.2, 0.25) is 0 Å². The Bertz CT molecular complexity index is 3020. The molecule has 3 heterocycles. The summed E-state index contributed by atoms with van der Waals surface area (Å²) in [4.78, 5) is 7.80. The molecule has 3 aliphatic rings. The third-order valence-corrected chi connectivity index (χ3v) is 12.2. The normalized spacial score (nSPS) is 16.8. The lowest BCUT2D eigenvalue weighted by molar-refractivity contribution is 0.749. The number of hydrogen-bond donors (Lipinski definition) is 0. The van der Waals surface area contributed by atoms with E-state index < -0.39 is 0 Å². The van der Waals surface area contributed by atoms with E-state index in [0.717, 1.165) is 41.0 Å². The Kier molecular flexibility index (Phi) is 8.66. The Morgan fingerprint density at radius 2 is 1.29 bits per heavy atom. The zero-order valence-corrected chi connectivity index (χ0v) is 33.0. The van der Waals surface area contributed by atoms with Gasteiger partial charge in [0.1, 0.15) is 0 Å². The lowest BCUT2D eigenvalue weighted by atomic mass is 9.88. The Morgan fingerprint density at radius 3 is 2.10 bits per heavy atom. The number of pyridine rings is 1. The van der Waals surface area contributed by atoms with Crippen LogP contribution in [0.4, 0.5) is 11.4 Å². The first kappa shape index (κ1) is 35.0. The Morgan fingerprint density at radius 1 is 0.610 bits per heavy atom. The van der Waals surface area contributed by atoms with Gasteiger partial charge in [-0.3, -0.25) is 0 Å². The Balaban J connectivity index is 1.04. The van der Waals surface area contributed by atoms with E-state index in [1.54, 1.807) is 0 Å². The van der Waals surface area contributed by atoms with Crippen LogP contribution >= 0.6 is 0 Å². The first-order chi connectivity index (χ1) is 29.2. The number of fused-ring (bicyclic) bond motifs is 7. The summed E-state index contributed by atoms with van der Waals surface area (Å²) < 4.78 is 2.46. The standard InChI is InChI=1S/C56H43N3/c1-38-17-14-20-40(33-38)44-36-50(39-18-4-2-5-19-39)57-51(37-44)43-23-15-21-41(34-43)42-22-16-26-46(35-42)58-52-30-11-8-27-47(52)55-48-28-9-12-31-53(48)59(45-24-6-3-7-25-45)56(55)49-29-10-13-32-54(49)58/h2-21,23-32,34-38,42H,22,33H2,1H3. The number of allylic oxidation sites excluding steroid dienone is 7. The van der Waals surface area contributed by atoms with Gasteiger partial charge in [-0.2, -0.15) is 0 Å². The molecule has 2 unspecified atom stereocenters. The van der Waals surface area contributed by atoms with Crippen LogP contribution in [-0.4, -0.2) is 9.55 Å². The van der Waals surface area contributed by atoms with Gasteiger partial charge in [0.05, 0.1) is 34.0 Å².